The van der Waals surface area contributed by atoms with E-state index in [1.165, 1.54) is 12.1 Å². The maximum absolute atomic E-state index is 13.1. The molecule has 1 N–H and O–H groups in total. The van der Waals surface area contributed by atoms with Crippen molar-refractivity contribution in [2.24, 2.45) is 0 Å². The molecule has 1 atom stereocenters. The smallest absolute Gasteiger partial charge is 0.124 e. The van der Waals surface area contributed by atoms with Crippen molar-refractivity contribution in [1.82, 2.24) is 5.32 Å². The summed E-state index contributed by atoms with van der Waals surface area (Å²) in [6.45, 7) is 0.753. The molecule has 2 rings (SSSR count). The van der Waals surface area contributed by atoms with E-state index < -0.39 is 0 Å². The quantitative estimate of drug-likeness (QED) is 0.922. The highest BCUT2D eigenvalue weighted by atomic mass is 79.9. The number of hydrogen-bond acceptors (Lipinski definition) is 2. The van der Waals surface area contributed by atoms with E-state index in [1.54, 1.807) is 6.07 Å². The third-order valence-corrected chi connectivity index (χ3v) is 3.50. The topological polar surface area (TPSA) is 21.3 Å². The molecule has 92 valence electrons. The molecule has 0 aromatic heterocycles. The number of benzene rings is 1. The molecule has 0 amide bonds. The van der Waals surface area contributed by atoms with Crippen molar-refractivity contribution in [3.8, 4) is 0 Å². The van der Waals surface area contributed by atoms with Crippen LogP contribution in [0.4, 0.5) is 4.39 Å². The summed E-state index contributed by atoms with van der Waals surface area (Å²) < 4.78 is 19.5. The average Bonchev–Trinajstić information content (AvgIpc) is 2.34. The molecule has 17 heavy (non-hydrogen) atoms. The van der Waals surface area contributed by atoms with E-state index in [1.807, 2.05) is 7.05 Å². The minimum atomic E-state index is -0.242. The highest BCUT2D eigenvalue weighted by Crippen LogP contribution is 2.31. The predicted octanol–water partition coefficient (Wildman–Crippen LogP) is 3.54. The molecule has 4 heteroatoms. The molecule has 1 aromatic rings. The zero-order chi connectivity index (χ0) is 12.3. The molecule has 0 radical (unpaired) electrons. The predicted molar refractivity (Wildman–Crippen MR) is 69.2 cm³/mol. The SMILES string of the molecule is CNC(C1=CCCCO1)c1ccc(F)cc1Br. The van der Waals surface area contributed by atoms with Gasteiger partial charge in [0.05, 0.1) is 12.6 Å². The number of ether oxygens (including phenoxy) is 1. The Labute approximate surface area is 109 Å². The van der Waals surface area contributed by atoms with Gasteiger partial charge < -0.3 is 10.1 Å². The van der Waals surface area contributed by atoms with Crippen molar-refractivity contribution in [2.45, 2.75) is 18.9 Å². The zero-order valence-corrected chi connectivity index (χ0v) is 11.3. The molecule has 1 unspecified atom stereocenters. The van der Waals surface area contributed by atoms with Gasteiger partial charge in [-0.2, -0.15) is 0 Å². The highest BCUT2D eigenvalue weighted by molar-refractivity contribution is 9.10. The number of hydrogen-bond donors (Lipinski definition) is 1. The van der Waals surface area contributed by atoms with E-state index in [2.05, 4.69) is 27.3 Å². The number of halogens is 2. The Bertz CT molecular complexity index is 433. The lowest BCUT2D eigenvalue weighted by Crippen LogP contribution is -2.22. The molecule has 1 heterocycles. The van der Waals surface area contributed by atoms with Crippen molar-refractivity contribution in [3.63, 3.8) is 0 Å². The van der Waals surface area contributed by atoms with E-state index in [4.69, 9.17) is 4.74 Å². The van der Waals surface area contributed by atoms with E-state index in [0.717, 1.165) is 35.2 Å². The van der Waals surface area contributed by atoms with Crippen molar-refractivity contribution in [2.75, 3.05) is 13.7 Å². The monoisotopic (exact) mass is 299 g/mol. The van der Waals surface area contributed by atoms with Gasteiger partial charge in [0.15, 0.2) is 0 Å². The first-order chi connectivity index (χ1) is 8.22. The fourth-order valence-corrected chi connectivity index (χ4v) is 2.54. The summed E-state index contributed by atoms with van der Waals surface area (Å²) in [5, 5.41) is 3.20. The first-order valence-electron chi connectivity index (χ1n) is 5.67. The van der Waals surface area contributed by atoms with Crippen LogP contribution < -0.4 is 5.32 Å². The van der Waals surface area contributed by atoms with Gasteiger partial charge in [0, 0.05) is 4.47 Å². The number of allylic oxidation sites excluding steroid dienone is 1. The third kappa shape index (κ3) is 2.87. The molecule has 0 spiro atoms. The van der Waals surface area contributed by atoms with E-state index in [0.29, 0.717) is 0 Å². The van der Waals surface area contributed by atoms with Crippen LogP contribution in [0.25, 0.3) is 0 Å². The van der Waals surface area contributed by atoms with Crippen LogP contribution in [-0.4, -0.2) is 13.7 Å². The Hall–Kier alpha value is -0.870. The van der Waals surface area contributed by atoms with Gasteiger partial charge in [-0.15, -0.1) is 0 Å². The van der Waals surface area contributed by atoms with Crippen molar-refractivity contribution >= 4 is 15.9 Å². The van der Waals surface area contributed by atoms with Gasteiger partial charge in [-0.1, -0.05) is 22.0 Å². The first-order valence-corrected chi connectivity index (χ1v) is 6.46. The summed E-state index contributed by atoms with van der Waals surface area (Å²) in [6, 6.07) is 4.70. The zero-order valence-electron chi connectivity index (χ0n) is 9.67. The molecule has 0 saturated carbocycles. The minimum absolute atomic E-state index is 0.0229. The van der Waals surface area contributed by atoms with Crippen LogP contribution in [0, 0.1) is 5.82 Å². The summed E-state index contributed by atoms with van der Waals surface area (Å²) in [4.78, 5) is 0. The average molecular weight is 300 g/mol. The fourth-order valence-electron chi connectivity index (χ4n) is 1.96. The summed E-state index contributed by atoms with van der Waals surface area (Å²) in [6.07, 6.45) is 4.19. The molecular weight excluding hydrogens is 285 g/mol. The van der Waals surface area contributed by atoms with Crippen LogP contribution in [0.15, 0.2) is 34.5 Å². The number of nitrogens with one attached hydrogen (secondary N) is 1. The Morgan fingerprint density at radius 1 is 1.47 bits per heavy atom. The lowest BCUT2D eigenvalue weighted by atomic mass is 10.0. The molecule has 1 aliphatic heterocycles. The normalized spacial score (nSPS) is 17.2. The summed E-state index contributed by atoms with van der Waals surface area (Å²) in [5.41, 5.74) is 0.988. The summed E-state index contributed by atoms with van der Waals surface area (Å²) in [7, 11) is 1.87. The Morgan fingerprint density at radius 2 is 2.29 bits per heavy atom. The van der Waals surface area contributed by atoms with Crippen LogP contribution in [0.3, 0.4) is 0 Å². The maximum Gasteiger partial charge on any atom is 0.124 e. The maximum atomic E-state index is 13.1. The molecule has 1 aromatic carbocycles. The van der Waals surface area contributed by atoms with Crippen LogP contribution in [0.2, 0.25) is 0 Å². The molecule has 0 bridgehead atoms. The molecular formula is C13H15BrFNO. The van der Waals surface area contributed by atoms with Crippen LogP contribution in [-0.2, 0) is 4.74 Å². The fraction of sp³-hybridized carbons (Fsp3) is 0.385. The molecule has 0 fully saturated rings. The van der Waals surface area contributed by atoms with Gasteiger partial charge >= 0.3 is 0 Å². The van der Waals surface area contributed by atoms with Gasteiger partial charge in [-0.05, 0) is 43.7 Å². The minimum Gasteiger partial charge on any atom is -0.496 e. The Kier molecular flexibility index (Phi) is 4.18. The van der Waals surface area contributed by atoms with Gasteiger partial charge in [0.1, 0.15) is 11.6 Å². The summed E-state index contributed by atoms with van der Waals surface area (Å²) >= 11 is 3.39. The number of rotatable bonds is 3. The molecule has 0 saturated heterocycles. The van der Waals surface area contributed by atoms with Gasteiger partial charge in [0.25, 0.3) is 0 Å². The van der Waals surface area contributed by atoms with E-state index in [9.17, 15) is 4.39 Å². The largest absolute Gasteiger partial charge is 0.496 e. The Morgan fingerprint density at radius 3 is 2.88 bits per heavy atom. The van der Waals surface area contributed by atoms with Crippen LogP contribution in [0.1, 0.15) is 24.4 Å². The van der Waals surface area contributed by atoms with Crippen molar-refractivity contribution in [3.05, 3.63) is 45.9 Å². The standard InChI is InChI=1S/C13H15BrFNO/c1-16-13(12-4-2-3-7-17-12)10-6-5-9(15)8-11(10)14/h4-6,8,13,16H,2-3,7H2,1H3. The second-order valence-electron chi connectivity index (χ2n) is 3.98. The number of likely N-dealkylation sites (N-methyl/N-ethyl adjacent to an activating group) is 1. The Balaban J connectivity index is 2.31. The lowest BCUT2D eigenvalue weighted by molar-refractivity contribution is 0.169. The van der Waals surface area contributed by atoms with E-state index in [-0.39, 0.29) is 11.9 Å². The first kappa shape index (κ1) is 12.6. The second kappa shape index (κ2) is 5.65. The van der Waals surface area contributed by atoms with Gasteiger partial charge in [0.2, 0.25) is 0 Å². The van der Waals surface area contributed by atoms with E-state index >= 15 is 0 Å². The second-order valence-corrected chi connectivity index (χ2v) is 4.84. The molecule has 2 nitrogen and oxygen atoms in total. The highest BCUT2D eigenvalue weighted by Gasteiger charge is 2.20. The molecule has 1 aliphatic rings. The lowest BCUT2D eigenvalue weighted by Gasteiger charge is -2.24. The van der Waals surface area contributed by atoms with Gasteiger partial charge in [-0.3, -0.25) is 0 Å². The van der Waals surface area contributed by atoms with Crippen LogP contribution >= 0.6 is 15.9 Å². The van der Waals surface area contributed by atoms with Gasteiger partial charge in [-0.25, -0.2) is 4.39 Å². The summed E-state index contributed by atoms with van der Waals surface area (Å²) in [5.74, 6) is 0.681. The van der Waals surface area contributed by atoms with Crippen molar-refractivity contribution < 1.29 is 9.13 Å². The van der Waals surface area contributed by atoms with Crippen LogP contribution in [0.5, 0.6) is 0 Å². The molecule has 0 aliphatic carbocycles. The third-order valence-electron chi connectivity index (χ3n) is 2.81. The van der Waals surface area contributed by atoms with Crippen molar-refractivity contribution in [1.29, 1.82) is 0 Å².